The first-order chi connectivity index (χ1) is 12.1. The summed E-state index contributed by atoms with van der Waals surface area (Å²) >= 11 is 13.8. The van der Waals surface area contributed by atoms with E-state index in [1.165, 1.54) is 11.3 Å². The monoisotopic (exact) mass is 390 g/mol. The maximum Gasteiger partial charge on any atom is 0.206 e. The highest BCUT2D eigenvalue weighted by molar-refractivity contribution is 7.07. The molecule has 0 radical (unpaired) electrons. The van der Waals surface area contributed by atoms with Crippen LogP contribution in [0.3, 0.4) is 0 Å². The number of thiazole rings is 1. The summed E-state index contributed by atoms with van der Waals surface area (Å²) < 4.78 is 1.83. The highest BCUT2D eigenvalue weighted by Crippen LogP contribution is 2.28. The van der Waals surface area contributed by atoms with Gasteiger partial charge in [0.1, 0.15) is 0 Å². The van der Waals surface area contributed by atoms with Gasteiger partial charge in [-0.3, -0.25) is 9.98 Å². The Kier molecular flexibility index (Phi) is 5.68. The van der Waals surface area contributed by atoms with Crippen LogP contribution in [0.25, 0.3) is 11.3 Å². The van der Waals surface area contributed by atoms with E-state index in [1.54, 1.807) is 12.3 Å². The van der Waals surface area contributed by atoms with E-state index in [1.807, 2.05) is 54.2 Å². The molecule has 1 aromatic carbocycles. The molecule has 0 aliphatic rings. The average molecular weight is 391 g/mol. The molecule has 0 saturated heterocycles. The fourth-order valence-electron chi connectivity index (χ4n) is 2.27. The van der Waals surface area contributed by atoms with Crippen molar-refractivity contribution in [1.82, 2.24) is 9.66 Å². The van der Waals surface area contributed by atoms with E-state index >= 15 is 0 Å². The average Bonchev–Trinajstić information content (AvgIpc) is 3.01. The largest absolute Gasteiger partial charge is 0.258 e. The third-order valence-corrected chi connectivity index (χ3v) is 5.07. The van der Waals surface area contributed by atoms with Crippen molar-refractivity contribution in [3.63, 3.8) is 0 Å². The zero-order chi connectivity index (χ0) is 17.8. The molecule has 0 spiro atoms. The van der Waals surface area contributed by atoms with Gasteiger partial charge in [-0.2, -0.15) is 5.10 Å². The topological polar surface area (TPSA) is 42.5 Å². The second-order valence-electron chi connectivity index (χ2n) is 5.22. The van der Waals surface area contributed by atoms with Gasteiger partial charge in [0, 0.05) is 23.7 Å². The lowest BCUT2D eigenvalue weighted by atomic mass is 10.2. The van der Waals surface area contributed by atoms with Gasteiger partial charge in [-0.05, 0) is 38.1 Å². The Morgan fingerprint density at radius 1 is 1.20 bits per heavy atom. The molecule has 0 amide bonds. The van der Waals surface area contributed by atoms with Crippen LogP contribution in [0.4, 0.5) is 0 Å². The van der Waals surface area contributed by atoms with E-state index in [0.717, 1.165) is 27.5 Å². The summed E-state index contributed by atoms with van der Waals surface area (Å²) in [5.74, 6) is 0. The molecular weight excluding hydrogens is 375 g/mol. The highest BCUT2D eigenvalue weighted by Gasteiger charge is 2.10. The molecule has 0 unspecified atom stereocenters. The van der Waals surface area contributed by atoms with Gasteiger partial charge in [0.15, 0.2) is 0 Å². The molecule has 3 aromatic rings. The summed E-state index contributed by atoms with van der Waals surface area (Å²) in [6, 6.07) is 11.3. The second kappa shape index (κ2) is 7.95. The summed E-state index contributed by atoms with van der Waals surface area (Å²) in [5, 5.41) is 7.80. The fraction of sp³-hybridized carbons (Fsp3) is 0.167. The number of nitrogens with zero attached hydrogens (tertiary/aromatic N) is 4. The minimum Gasteiger partial charge on any atom is -0.258 e. The number of benzene rings is 1. The van der Waals surface area contributed by atoms with Crippen molar-refractivity contribution in [3.05, 3.63) is 68.5 Å². The number of halogens is 2. The lowest BCUT2D eigenvalue weighted by Gasteiger charge is -2.07. The highest BCUT2D eigenvalue weighted by atomic mass is 35.5. The third-order valence-electron chi connectivity index (χ3n) is 3.48. The van der Waals surface area contributed by atoms with E-state index < -0.39 is 0 Å². The predicted octanol–water partition coefficient (Wildman–Crippen LogP) is 5.11. The Bertz CT molecular complexity index is 974. The Morgan fingerprint density at radius 3 is 2.72 bits per heavy atom. The van der Waals surface area contributed by atoms with Gasteiger partial charge in [-0.25, -0.2) is 4.68 Å². The lowest BCUT2D eigenvalue weighted by molar-refractivity contribution is 0.826. The molecule has 0 saturated carbocycles. The van der Waals surface area contributed by atoms with E-state index in [2.05, 4.69) is 9.98 Å². The van der Waals surface area contributed by atoms with Crippen molar-refractivity contribution in [2.45, 2.75) is 13.8 Å². The number of rotatable bonds is 4. The molecule has 7 heteroatoms. The first-order valence-corrected chi connectivity index (χ1v) is 9.37. The normalized spacial score (nSPS) is 12.6. The minimum absolute atomic E-state index is 0.510. The van der Waals surface area contributed by atoms with Gasteiger partial charge in [-0.15, -0.1) is 11.3 Å². The summed E-state index contributed by atoms with van der Waals surface area (Å²) in [7, 11) is 0. The molecule has 0 N–H and O–H groups in total. The second-order valence-corrected chi connectivity index (χ2v) is 6.87. The minimum atomic E-state index is 0.510. The Labute approximate surface area is 160 Å². The summed E-state index contributed by atoms with van der Waals surface area (Å²) in [6.07, 6.45) is 1.75. The van der Waals surface area contributed by atoms with Gasteiger partial charge >= 0.3 is 0 Å². The van der Waals surface area contributed by atoms with Crippen molar-refractivity contribution in [1.29, 1.82) is 0 Å². The summed E-state index contributed by atoms with van der Waals surface area (Å²) in [6.45, 7) is 4.61. The fourth-order valence-corrected chi connectivity index (χ4v) is 3.47. The molecule has 0 fully saturated rings. The number of hydrogen-bond donors (Lipinski definition) is 0. The molecule has 2 aromatic heterocycles. The molecule has 0 aliphatic heterocycles. The van der Waals surface area contributed by atoms with Crippen molar-refractivity contribution >= 4 is 40.3 Å². The van der Waals surface area contributed by atoms with Crippen LogP contribution in [0.1, 0.15) is 19.5 Å². The molecule has 128 valence electrons. The molecular formula is C18H16Cl2N4S. The quantitative estimate of drug-likeness (QED) is 0.570. The predicted molar refractivity (Wildman–Crippen MR) is 106 cm³/mol. The van der Waals surface area contributed by atoms with Crippen molar-refractivity contribution in [3.8, 4) is 11.3 Å². The number of pyridine rings is 1. The van der Waals surface area contributed by atoms with E-state index in [0.29, 0.717) is 16.6 Å². The molecule has 4 nitrogen and oxygen atoms in total. The lowest BCUT2D eigenvalue weighted by Crippen LogP contribution is -2.14. The summed E-state index contributed by atoms with van der Waals surface area (Å²) in [4.78, 5) is 9.71. The SMILES string of the molecule is CCN=c1scc(-c2ccc(Cl)c(Cl)c2)n1N=C(C)c1ccccn1. The van der Waals surface area contributed by atoms with Crippen molar-refractivity contribution < 1.29 is 0 Å². The van der Waals surface area contributed by atoms with Gasteiger partial charge < -0.3 is 0 Å². The Hall–Kier alpha value is -1.95. The van der Waals surface area contributed by atoms with Crippen LogP contribution in [0.2, 0.25) is 10.0 Å². The molecule has 0 atom stereocenters. The maximum absolute atomic E-state index is 6.18. The Balaban J connectivity index is 2.16. The van der Waals surface area contributed by atoms with E-state index in [-0.39, 0.29) is 0 Å². The maximum atomic E-state index is 6.18. The van der Waals surface area contributed by atoms with Crippen LogP contribution in [-0.2, 0) is 0 Å². The Morgan fingerprint density at radius 2 is 2.04 bits per heavy atom. The number of aromatic nitrogens is 2. The zero-order valence-corrected chi connectivity index (χ0v) is 16.1. The standard InChI is InChI=1S/C18H16Cl2N4S/c1-3-21-18-24(23-12(2)16-6-4-5-9-22-16)17(11-25-18)13-7-8-14(19)15(20)10-13/h4-11H,3H2,1-2H3. The zero-order valence-electron chi connectivity index (χ0n) is 13.8. The third kappa shape index (κ3) is 4.00. The van der Waals surface area contributed by atoms with Crippen LogP contribution in [-0.4, -0.2) is 21.9 Å². The van der Waals surface area contributed by atoms with Gasteiger partial charge in [0.25, 0.3) is 0 Å². The number of hydrogen-bond acceptors (Lipinski definition) is 4. The van der Waals surface area contributed by atoms with E-state index in [4.69, 9.17) is 28.3 Å². The smallest absolute Gasteiger partial charge is 0.206 e. The van der Waals surface area contributed by atoms with Crippen LogP contribution in [0, 0.1) is 0 Å². The molecule has 25 heavy (non-hydrogen) atoms. The van der Waals surface area contributed by atoms with Crippen LogP contribution in [0.15, 0.2) is 58.1 Å². The van der Waals surface area contributed by atoms with E-state index in [9.17, 15) is 0 Å². The molecule has 0 bridgehead atoms. The first kappa shape index (κ1) is 17.9. The van der Waals surface area contributed by atoms with Crippen LogP contribution in [0.5, 0.6) is 0 Å². The van der Waals surface area contributed by atoms with Gasteiger partial charge in [0.2, 0.25) is 4.80 Å². The van der Waals surface area contributed by atoms with Gasteiger partial charge in [0.05, 0.1) is 27.1 Å². The molecule has 2 heterocycles. The van der Waals surface area contributed by atoms with Crippen LogP contribution >= 0.6 is 34.5 Å². The summed E-state index contributed by atoms with van der Waals surface area (Å²) in [5.41, 5.74) is 3.47. The van der Waals surface area contributed by atoms with Crippen molar-refractivity contribution in [2.75, 3.05) is 6.54 Å². The molecule has 3 rings (SSSR count). The van der Waals surface area contributed by atoms with Crippen molar-refractivity contribution in [2.24, 2.45) is 10.1 Å². The first-order valence-electron chi connectivity index (χ1n) is 7.73. The van der Waals surface area contributed by atoms with Gasteiger partial charge in [-0.1, -0.05) is 35.3 Å². The van der Waals surface area contributed by atoms with Crippen LogP contribution < -0.4 is 4.80 Å². The molecule has 0 aliphatic carbocycles.